The molecule has 7 rings (SSSR count). The van der Waals surface area contributed by atoms with Crippen LogP contribution in [0.4, 0.5) is 0 Å². The molecule has 0 amide bonds. The molecule has 0 heterocycles. The van der Waals surface area contributed by atoms with Crippen molar-refractivity contribution < 1.29 is 25.8 Å². The van der Waals surface area contributed by atoms with Crippen LogP contribution < -0.4 is 0 Å². The maximum Gasteiger partial charge on any atom is 4.00 e. The number of rotatable bonds is 4. The molecule has 178 valence electrons. The molecule has 7 aromatic rings. The minimum absolute atomic E-state index is 0. The van der Waals surface area contributed by atoms with Gasteiger partial charge in [0.1, 0.15) is 0 Å². The Labute approximate surface area is 243 Å². The Morgan fingerprint density at radius 3 is 1.74 bits per heavy atom. The van der Waals surface area contributed by atoms with E-state index in [2.05, 4.69) is 152 Å². The van der Waals surface area contributed by atoms with Crippen LogP contribution in [-0.2, 0) is 32.3 Å². The van der Waals surface area contributed by atoms with E-state index in [9.17, 15) is 0 Å². The van der Waals surface area contributed by atoms with Gasteiger partial charge in [0.15, 0.2) is 0 Å². The zero-order valence-corrected chi connectivity index (χ0v) is 24.8. The second-order valence-corrected chi connectivity index (χ2v) is 9.39. The van der Waals surface area contributed by atoms with Crippen LogP contribution in [-0.4, -0.2) is 0 Å². The Balaban J connectivity index is 0.000000161. The molecule has 7 aromatic carbocycles. The first kappa shape index (κ1) is 25.8. The van der Waals surface area contributed by atoms with Gasteiger partial charge in [-0.2, -0.15) is 0 Å². The quantitative estimate of drug-likeness (QED) is 0.131. The van der Waals surface area contributed by atoms with E-state index in [-0.39, 0.29) is 25.8 Å². The zero-order chi connectivity index (χ0) is 24.9. The average molecular weight is 651 g/mol. The normalized spacial score (nSPS) is 10.5. The molecule has 0 bridgehead atoms. The summed E-state index contributed by atoms with van der Waals surface area (Å²) in [5, 5.41) is 5.32. The molecule has 38 heavy (non-hydrogen) atoms. The molecule has 0 fully saturated rings. The second kappa shape index (κ2) is 12.2. The summed E-state index contributed by atoms with van der Waals surface area (Å²) < 4.78 is 0. The molecule has 1 heteroatoms. The molecule has 0 saturated carbocycles. The van der Waals surface area contributed by atoms with Gasteiger partial charge in [-0.25, -0.2) is 0 Å². The summed E-state index contributed by atoms with van der Waals surface area (Å²) in [6, 6.07) is 55.9. The molecule has 0 N–H and O–H groups in total. The Hall–Kier alpha value is -3.81. The third-order valence-electron chi connectivity index (χ3n) is 6.94. The molecule has 0 radical (unpaired) electrons. The van der Waals surface area contributed by atoms with Crippen molar-refractivity contribution in [1.82, 2.24) is 0 Å². The maximum absolute atomic E-state index is 2.32. The summed E-state index contributed by atoms with van der Waals surface area (Å²) in [7, 11) is 0. The summed E-state index contributed by atoms with van der Waals surface area (Å²) in [5.41, 5.74) is 8.02. The standard InChI is InChI=1S/C22H17.C15H11.Hf/c1-3-9-17(10-4-1)15-22-20-14-8-7-13-19(20)16-21(22)18-11-5-2-6-12-18;1-2-6-12(7-3-1)15-10-13-8-4-5-9-14(13)11-15;/h1-14,16H,15H2;1-11H;/q2*-1;+4. The third-order valence-corrected chi connectivity index (χ3v) is 6.94. The van der Waals surface area contributed by atoms with Gasteiger partial charge in [-0.1, -0.05) is 144 Å². The van der Waals surface area contributed by atoms with E-state index in [1.54, 1.807) is 0 Å². The van der Waals surface area contributed by atoms with Crippen molar-refractivity contribution in [1.29, 1.82) is 0 Å². The van der Waals surface area contributed by atoms with Crippen LogP contribution in [0.25, 0.3) is 43.8 Å². The first-order chi connectivity index (χ1) is 18.3. The van der Waals surface area contributed by atoms with Crippen molar-refractivity contribution >= 4 is 21.5 Å². The minimum atomic E-state index is 0. The van der Waals surface area contributed by atoms with Crippen LogP contribution in [0.5, 0.6) is 0 Å². The van der Waals surface area contributed by atoms with Gasteiger partial charge in [0.2, 0.25) is 0 Å². The van der Waals surface area contributed by atoms with Crippen LogP contribution in [0, 0.1) is 0 Å². The molecule has 0 saturated heterocycles. The van der Waals surface area contributed by atoms with E-state index in [0.29, 0.717) is 0 Å². The fourth-order valence-electron chi connectivity index (χ4n) is 5.10. The zero-order valence-electron chi connectivity index (χ0n) is 21.2. The third kappa shape index (κ3) is 5.69. The van der Waals surface area contributed by atoms with E-state index >= 15 is 0 Å². The van der Waals surface area contributed by atoms with E-state index in [1.165, 1.54) is 54.9 Å². The SMILES string of the molecule is [Hf+4].c1ccc(-c2cc3ccccc3[cH-]2)cc1.c1ccc(C[c-]2c(-c3ccccc3)cc3ccccc32)cc1. The molecule has 0 aliphatic heterocycles. The van der Waals surface area contributed by atoms with Crippen LogP contribution in [0.15, 0.2) is 158 Å². The summed E-state index contributed by atoms with van der Waals surface area (Å²) >= 11 is 0. The first-order valence-corrected chi connectivity index (χ1v) is 12.8. The summed E-state index contributed by atoms with van der Waals surface area (Å²) in [5.74, 6) is 0. The molecule has 0 aromatic heterocycles. The van der Waals surface area contributed by atoms with Crippen molar-refractivity contribution in [3.8, 4) is 22.3 Å². The summed E-state index contributed by atoms with van der Waals surface area (Å²) in [6.07, 6.45) is 0.971. The van der Waals surface area contributed by atoms with Gasteiger partial charge in [-0.3, -0.25) is 0 Å². The Bertz CT molecular complexity index is 1690. The van der Waals surface area contributed by atoms with Gasteiger partial charge >= 0.3 is 25.8 Å². The van der Waals surface area contributed by atoms with Crippen molar-refractivity contribution in [2.45, 2.75) is 6.42 Å². The Morgan fingerprint density at radius 2 is 1.05 bits per heavy atom. The Morgan fingerprint density at radius 1 is 0.500 bits per heavy atom. The van der Waals surface area contributed by atoms with E-state index in [1.807, 2.05) is 6.07 Å². The van der Waals surface area contributed by atoms with Gasteiger partial charge in [-0.05, 0) is 6.42 Å². The number of fused-ring (bicyclic) bond motifs is 2. The van der Waals surface area contributed by atoms with Crippen LogP contribution in [0.3, 0.4) is 0 Å². The summed E-state index contributed by atoms with van der Waals surface area (Å²) in [6.45, 7) is 0. The summed E-state index contributed by atoms with van der Waals surface area (Å²) in [4.78, 5) is 0. The van der Waals surface area contributed by atoms with Gasteiger partial charge in [0.05, 0.1) is 0 Å². The first-order valence-electron chi connectivity index (χ1n) is 12.8. The van der Waals surface area contributed by atoms with Crippen molar-refractivity contribution in [2.24, 2.45) is 0 Å². The average Bonchev–Trinajstić information content (AvgIpc) is 3.57. The number of hydrogen-bond acceptors (Lipinski definition) is 0. The monoisotopic (exact) mass is 652 g/mol. The van der Waals surface area contributed by atoms with E-state index < -0.39 is 0 Å². The van der Waals surface area contributed by atoms with Crippen molar-refractivity contribution in [3.05, 3.63) is 169 Å². The molecular weight excluding hydrogens is 623 g/mol. The van der Waals surface area contributed by atoms with Crippen LogP contribution in [0.1, 0.15) is 11.1 Å². The van der Waals surface area contributed by atoms with Crippen molar-refractivity contribution in [3.63, 3.8) is 0 Å². The smallest absolute Gasteiger partial charge is 0.145 e. The van der Waals surface area contributed by atoms with Gasteiger partial charge < -0.3 is 0 Å². The Kier molecular flexibility index (Phi) is 8.26. The molecule has 0 aliphatic carbocycles. The van der Waals surface area contributed by atoms with Crippen molar-refractivity contribution in [2.75, 3.05) is 0 Å². The van der Waals surface area contributed by atoms with Gasteiger partial charge in [-0.15, -0.1) is 68.6 Å². The van der Waals surface area contributed by atoms with Gasteiger partial charge in [0.25, 0.3) is 0 Å². The number of benzene rings is 5. The molecule has 0 aliphatic rings. The molecular formula is C37H28Hf+2. The predicted molar refractivity (Wildman–Crippen MR) is 159 cm³/mol. The topological polar surface area (TPSA) is 0 Å². The van der Waals surface area contributed by atoms with E-state index in [0.717, 1.165) is 6.42 Å². The molecule has 0 unspecified atom stereocenters. The maximum atomic E-state index is 2.32. The molecule has 0 spiro atoms. The van der Waals surface area contributed by atoms with Gasteiger partial charge in [0, 0.05) is 0 Å². The predicted octanol–water partition coefficient (Wildman–Crippen LogP) is 10.0. The van der Waals surface area contributed by atoms with Crippen LogP contribution in [0.2, 0.25) is 0 Å². The fraction of sp³-hybridized carbons (Fsp3) is 0.0270. The minimum Gasteiger partial charge on any atom is -0.145 e. The fourth-order valence-corrected chi connectivity index (χ4v) is 5.10. The largest absolute Gasteiger partial charge is 4.00 e. The molecule has 0 nitrogen and oxygen atoms in total. The van der Waals surface area contributed by atoms with E-state index in [4.69, 9.17) is 0 Å². The second-order valence-electron chi connectivity index (χ2n) is 9.39. The molecule has 0 atom stereocenters. The van der Waals surface area contributed by atoms with Crippen LogP contribution >= 0.6 is 0 Å². The number of hydrogen-bond donors (Lipinski definition) is 0.